The normalized spacial score (nSPS) is 25.3. The molecule has 1 aliphatic carbocycles. The molecule has 2 aromatic rings. The molecule has 1 N–H and O–H groups in total. The van der Waals surface area contributed by atoms with Crippen molar-refractivity contribution < 1.29 is 4.79 Å². The number of H-pyrrole nitrogens is 1. The van der Waals surface area contributed by atoms with Crippen LogP contribution in [-0.4, -0.2) is 57.6 Å². The molecule has 5 heteroatoms. The lowest BCUT2D eigenvalue weighted by molar-refractivity contribution is 0.0575. The van der Waals surface area contributed by atoms with E-state index in [0.29, 0.717) is 29.6 Å². The Labute approximate surface area is 167 Å². The van der Waals surface area contributed by atoms with Gasteiger partial charge in [0.25, 0.3) is 5.91 Å². The maximum Gasteiger partial charge on any atom is 0.274 e. The van der Waals surface area contributed by atoms with Gasteiger partial charge in [0.15, 0.2) is 0 Å². The molecule has 3 aliphatic heterocycles. The van der Waals surface area contributed by atoms with Crippen molar-refractivity contribution in [2.75, 3.05) is 19.6 Å². The standard InChI is InChI=1S/C23H30N4O/c1-15(2)21-11-22(25-24-21)23(28)27-13-16-7-8-19(27)14-26(12-16)20-9-17-5-3-4-6-18(17)10-20/h3-6,11,15-16,19-20H,7-10,12-14H2,1-2H3,(H,24,25). The highest BCUT2D eigenvalue weighted by Crippen LogP contribution is 2.33. The molecule has 2 bridgehead atoms. The second-order valence-electron chi connectivity index (χ2n) is 9.20. The minimum atomic E-state index is 0.106. The molecule has 2 atom stereocenters. The van der Waals surface area contributed by atoms with Crippen LogP contribution < -0.4 is 0 Å². The van der Waals surface area contributed by atoms with E-state index in [1.807, 2.05) is 6.07 Å². The van der Waals surface area contributed by atoms with E-state index in [4.69, 9.17) is 0 Å². The van der Waals surface area contributed by atoms with Crippen LogP contribution in [0.5, 0.6) is 0 Å². The summed E-state index contributed by atoms with van der Waals surface area (Å²) >= 11 is 0. The number of piperidine rings is 1. The maximum absolute atomic E-state index is 13.2. The lowest BCUT2D eigenvalue weighted by Gasteiger charge is -2.36. The Balaban J connectivity index is 1.32. The Bertz CT molecular complexity index is 848. The number of fused-ring (bicyclic) bond motifs is 5. The van der Waals surface area contributed by atoms with Crippen molar-refractivity contribution in [1.82, 2.24) is 20.0 Å². The van der Waals surface area contributed by atoms with Gasteiger partial charge >= 0.3 is 0 Å². The van der Waals surface area contributed by atoms with Gasteiger partial charge in [0.2, 0.25) is 0 Å². The van der Waals surface area contributed by atoms with E-state index in [2.05, 4.69) is 58.1 Å². The second-order valence-corrected chi connectivity index (χ2v) is 9.20. The summed E-state index contributed by atoms with van der Waals surface area (Å²) in [5.41, 5.74) is 4.63. The van der Waals surface area contributed by atoms with E-state index in [9.17, 15) is 4.79 Å². The molecule has 5 nitrogen and oxygen atoms in total. The number of carbonyl (C=O) groups is 1. The first-order valence-electron chi connectivity index (χ1n) is 10.8. The molecule has 4 heterocycles. The van der Waals surface area contributed by atoms with Crippen LogP contribution in [0.4, 0.5) is 0 Å². The second kappa shape index (κ2) is 7.03. The molecule has 3 saturated heterocycles. The fraction of sp³-hybridized carbons (Fsp3) is 0.565. The summed E-state index contributed by atoms with van der Waals surface area (Å²) in [6.45, 7) is 7.24. The molecule has 0 radical (unpaired) electrons. The molecule has 1 aromatic carbocycles. The quantitative estimate of drug-likeness (QED) is 0.892. The Morgan fingerprint density at radius 2 is 1.82 bits per heavy atom. The minimum Gasteiger partial charge on any atom is -0.333 e. The molecule has 0 spiro atoms. The summed E-state index contributed by atoms with van der Waals surface area (Å²) in [6.07, 6.45) is 4.66. The van der Waals surface area contributed by atoms with Gasteiger partial charge in [-0.3, -0.25) is 14.8 Å². The molecule has 28 heavy (non-hydrogen) atoms. The molecule has 2 unspecified atom stereocenters. The number of rotatable bonds is 3. The van der Waals surface area contributed by atoms with Gasteiger partial charge in [-0.05, 0) is 54.7 Å². The number of amides is 1. The van der Waals surface area contributed by atoms with Gasteiger partial charge in [0, 0.05) is 37.4 Å². The van der Waals surface area contributed by atoms with Crippen molar-refractivity contribution in [2.24, 2.45) is 5.92 Å². The molecule has 4 aliphatic rings. The number of nitrogens with one attached hydrogen (secondary N) is 1. The van der Waals surface area contributed by atoms with Crippen LogP contribution >= 0.6 is 0 Å². The number of aromatic amines is 1. The van der Waals surface area contributed by atoms with Crippen LogP contribution in [0, 0.1) is 5.92 Å². The lowest BCUT2D eigenvalue weighted by atomic mass is 9.94. The van der Waals surface area contributed by atoms with Gasteiger partial charge < -0.3 is 4.90 Å². The van der Waals surface area contributed by atoms with Crippen molar-refractivity contribution in [2.45, 2.75) is 57.5 Å². The zero-order chi connectivity index (χ0) is 19.3. The van der Waals surface area contributed by atoms with Crippen LogP contribution in [0.1, 0.15) is 59.9 Å². The summed E-state index contributed by atoms with van der Waals surface area (Å²) in [5, 5.41) is 7.36. The van der Waals surface area contributed by atoms with E-state index in [-0.39, 0.29) is 5.91 Å². The van der Waals surface area contributed by atoms with Crippen LogP contribution in [-0.2, 0) is 12.8 Å². The summed E-state index contributed by atoms with van der Waals surface area (Å²) in [4.78, 5) is 18.0. The lowest BCUT2D eigenvalue weighted by Crippen LogP contribution is -2.48. The predicted octanol–water partition coefficient (Wildman–Crippen LogP) is 3.24. The van der Waals surface area contributed by atoms with E-state index in [1.54, 1.807) is 0 Å². The number of hydrogen-bond donors (Lipinski definition) is 1. The summed E-state index contributed by atoms with van der Waals surface area (Å²) in [5.74, 6) is 1.04. The molecule has 148 valence electrons. The zero-order valence-electron chi connectivity index (χ0n) is 16.9. The van der Waals surface area contributed by atoms with Gasteiger partial charge in [0.1, 0.15) is 5.69 Å². The highest BCUT2D eigenvalue weighted by atomic mass is 16.2. The third-order valence-corrected chi connectivity index (χ3v) is 6.99. The third kappa shape index (κ3) is 3.16. The fourth-order valence-corrected chi connectivity index (χ4v) is 5.35. The van der Waals surface area contributed by atoms with Crippen LogP contribution in [0.3, 0.4) is 0 Å². The fourth-order valence-electron chi connectivity index (χ4n) is 5.35. The number of aromatic nitrogens is 2. The first kappa shape index (κ1) is 17.9. The Morgan fingerprint density at radius 1 is 1.07 bits per heavy atom. The summed E-state index contributed by atoms with van der Waals surface area (Å²) in [6, 6.07) is 11.7. The van der Waals surface area contributed by atoms with E-state index >= 15 is 0 Å². The molecule has 6 rings (SSSR count). The van der Waals surface area contributed by atoms with Gasteiger partial charge in [-0.1, -0.05) is 38.1 Å². The third-order valence-electron chi connectivity index (χ3n) is 6.99. The van der Waals surface area contributed by atoms with E-state index in [0.717, 1.165) is 44.6 Å². The highest BCUT2D eigenvalue weighted by molar-refractivity contribution is 5.92. The highest BCUT2D eigenvalue weighted by Gasteiger charge is 2.40. The molecule has 0 saturated carbocycles. The predicted molar refractivity (Wildman–Crippen MR) is 109 cm³/mol. The van der Waals surface area contributed by atoms with E-state index < -0.39 is 0 Å². The molecule has 3 fully saturated rings. The van der Waals surface area contributed by atoms with Crippen molar-refractivity contribution in [3.63, 3.8) is 0 Å². The molecular weight excluding hydrogens is 348 g/mol. The van der Waals surface area contributed by atoms with Crippen molar-refractivity contribution >= 4 is 5.91 Å². The zero-order valence-corrected chi connectivity index (χ0v) is 16.9. The molecular formula is C23H30N4O. The summed E-state index contributed by atoms with van der Waals surface area (Å²) < 4.78 is 0. The summed E-state index contributed by atoms with van der Waals surface area (Å²) in [7, 11) is 0. The largest absolute Gasteiger partial charge is 0.333 e. The maximum atomic E-state index is 13.2. The van der Waals surface area contributed by atoms with Gasteiger partial charge in [0.05, 0.1) is 0 Å². The first-order valence-corrected chi connectivity index (χ1v) is 10.8. The monoisotopic (exact) mass is 378 g/mol. The Morgan fingerprint density at radius 3 is 2.50 bits per heavy atom. The minimum absolute atomic E-state index is 0.106. The smallest absolute Gasteiger partial charge is 0.274 e. The average Bonchev–Trinajstić information content (AvgIpc) is 3.26. The SMILES string of the molecule is CC(C)c1cc(C(=O)N2CC3CCC2CN(C2Cc4ccccc4C2)C3)n[nH]1. The topological polar surface area (TPSA) is 52.2 Å². The van der Waals surface area contributed by atoms with Crippen molar-refractivity contribution in [3.05, 3.63) is 52.8 Å². The number of carbonyl (C=O) groups excluding carboxylic acids is 1. The molecule has 1 amide bonds. The van der Waals surface area contributed by atoms with Gasteiger partial charge in [-0.25, -0.2) is 0 Å². The van der Waals surface area contributed by atoms with Gasteiger partial charge in [-0.2, -0.15) is 5.10 Å². The van der Waals surface area contributed by atoms with E-state index in [1.165, 1.54) is 17.5 Å². The average molecular weight is 379 g/mol. The van der Waals surface area contributed by atoms with Crippen LogP contribution in [0.15, 0.2) is 30.3 Å². The van der Waals surface area contributed by atoms with Gasteiger partial charge in [-0.15, -0.1) is 0 Å². The van der Waals surface area contributed by atoms with Crippen molar-refractivity contribution in [3.8, 4) is 0 Å². The van der Waals surface area contributed by atoms with Crippen molar-refractivity contribution in [1.29, 1.82) is 0 Å². The van der Waals surface area contributed by atoms with Crippen LogP contribution in [0.2, 0.25) is 0 Å². The number of hydrogen-bond acceptors (Lipinski definition) is 3. The van der Waals surface area contributed by atoms with Crippen LogP contribution in [0.25, 0.3) is 0 Å². The number of nitrogens with zero attached hydrogens (tertiary/aromatic N) is 3. The number of benzene rings is 1. The molecule has 1 aromatic heterocycles. The Hall–Kier alpha value is -2.14. The Kier molecular flexibility index (Phi) is 4.50. The first-order chi connectivity index (χ1) is 13.6.